The summed E-state index contributed by atoms with van der Waals surface area (Å²) in [5, 5.41) is 10.5. The lowest BCUT2D eigenvalue weighted by atomic mass is 10.2. The minimum absolute atomic E-state index is 0.00605. The molecule has 0 atom stereocenters. The van der Waals surface area contributed by atoms with Gasteiger partial charge in [0.2, 0.25) is 0 Å². The van der Waals surface area contributed by atoms with Crippen LogP contribution in [-0.2, 0) is 0 Å². The molecule has 0 heterocycles. The zero-order valence-electron chi connectivity index (χ0n) is 9.89. The molecule has 0 N–H and O–H groups in total. The van der Waals surface area contributed by atoms with Crippen molar-refractivity contribution in [3.05, 3.63) is 75.8 Å². The van der Waals surface area contributed by atoms with E-state index < -0.39 is 4.92 Å². The Morgan fingerprint density at radius 1 is 1.05 bits per heavy atom. The average molecular weight is 254 g/mol. The van der Waals surface area contributed by atoms with Crippen LogP contribution in [0.2, 0.25) is 0 Å². The highest BCUT2D eigenvalue weighted by Crippen LogP contribution is 2.10. The van der Waals surface area contributed by atoms with Crippen LogP contribution < -0.4 is 0 Å². The Hall–Kier alpha value is -2.82. The second-order valence-corrected chi connectivity index (χ2v) is 3.78. The summed E-state index contributed by atoms with van der Waals surface area (Å²) in [7, 11) is 0. The van der Waals surface area contributed by atoms with E-state index in [1.54, 1.807) is 36.4 Å². The molecule has 0 spiro atoms. The summed E-state index contributed by atoms with van der Waals surface area (Å²) in [5.41, 5.74) is 1.14. The van der Waals surface area contributed by atoms with Crippen LogP contribution in [0.15, 0.2) is 59.6 Å². The predicted molar refractivity (Wildman–Crippen MR) is 71.5 cm³/mol. The molecule has 2 aromatic rings. The molecule has 0 aliphatic rings. The van der Waals surface area contributed by atoms with Crippen LogP contribution in [0.3, 0.4) is 0 Å². The summed E-state index contributed by atoms with van der Waals surface area (Å²) >= 11 is 0. The monoisotopic (exact) mass is 254 g/mol. The van der Waals surface area contributed by atoms with Crippen LogP contribution in [0.25, 0.3) is 0 Å². The quantitative estimate of drug-likeness (QED) is 0.480. The normalized spacial score (nSPS) is 10.5. The van der Waals surface area contributed by atoms with E-state index >= 15 is 0 Å². The Balaban J connectivity index is 2.10. The largest absolute Gasteiger partial charge is 0.276 e. The molecular formula is C14H10N2O3. The van der Waals surface area contributed by atoms with Gasteiger partial charge in [0, 0.05) is 23.9 Å². The van der Waals surface area contributed by atoms with Gasteiger partial charge in [0.15, 0.2) is 0 Å². The van der Waals surface area contributed by atoms with Crippen molar-refractivity contribution in [3.63, 3.8) is 0 Å². The SMILES string of the molecule is O=C(N=Cc1ccc([N+](=O)[O-])cc1)c1ccccc1. The zero-order valence-corrected chi connectivity index (χ0v) is 9.89. The van der Waals surface area contributed by atoms with E-state index in [1.165, 1.54) is 18.3 Å². The third-order valence-electron chi connectivity index (χ3n) is 2.46. The molecule has 0 fully saturated rings. The number of hydrogen-bond donors (Lipinski definition) is 0. The van der Waals surface area contributed by atoms with Gasteiger partial charge in [0.1, 0.15) is 0 Å². The molecule has 2 aromatic carbocycles. The number of carbonyl (C=O) groups excluding carboxylic acids is 1. The van der Waals surface area contributed by atoms with Crippen molar-refractivity contribution >= 4 is 17.8 Å². The van der Waals surface area contributed by atoms with E-state index in [1.807, 2.05) is 6.07 Å². The van der Waals surface area contributed by atoms with Crippen LogP contribution in [-0.4, -0.2) is 17.0 Å². The fourth-order valence-corrected chi connectivity index (χ4v) is 1.47. The average Bonchev–Trinajstić information content (AvgIpc) is 2.46. The first-order valence-corrected chi connectivity index (χ1v) is 5.55. The highest BCUT2D eigenvalue weighted by Gasteiger charge is 2.04. The summed E-state index contributed by atoms with van der Waals surface area (Å²) in [6, 6.07) is 14.5. The van der Waals surface area contributed by atoms with Gasteiger partial charge in [-0.15, -0.1) is 0 Å². The Morgan fingerprint density at radius 2 is 1.68 bits per heavy atom. The Labute approximate surface area is 109 Å². The molecule has 0 unspecified atom stereocenters. The van der Waals surface area contributed by atoms with Gasteiger partial charge in [-0.05, 0) is 29.8 Å². The first kappa shape index (κ1) is 12.6. The van der Waals surface area contributed by atoms with E-state index in [0.717, 1.165) is 0 Å². The maximum atomic E-state index is 11.7. The molecule has 5 nitrogen and oxygen atoms in total. The predicted octanol–water partition coefficient (Wildman–Crippen LogP) is 2.85. The molecule has 0 aliphatic carbocycles. The van der Waals surface area contributed by atoms with Crippen molar-refractivity contribution in [3.8, 4) is 0 Å². The summed E-state index contributed by atoms with van der Waals surface area (Å²) < 4.78 is 0. The lowest BCUT2D eigenvalue weighted by Crippen LogP contribution is -1.95. The highest BCUT2D eigenvalue weighted by molar-refractivity contribution is 6.01. The van der Waals surface area contributed by atoms with Gasteiger partial charge in [-0.25, -0.2) is 4.99 Å². The molecule has 5 heteroatoms. The maximum Gasteiger partial charge on any atom is 0.276 e. The van der Waals surface area contributed by atoms with Gasteiger partial charge < -0.3 is 0 Å². The summed E-state index contributed by atoms with van der Waals surface area (Å²) in [6.07, 6.45) is 1.39. The fourth-order valence-electron chi connectivity index (χ4n) is 1.47. The number of aliphatic imine (C=N–C) groups is 1. The van der Waals surface area contributed by atoms with Gasteiger partial charge in [0.05, 0.1) is 4.92 Å². The van der Waals surface area contributed by atoms with Gasteiger partial charge in [-0.2, -0.15) is 0 Å². The maximum absolute atomic E-state index is 11.7. The topological polar surface area (TPSA) is 72.6 Å². The van der Waals surface area contributed by atoms with Crippen molar-refractivity contribution in [2.45, 2.75) is 0 Å². The molecule has 2 rings (SSSR count). The Kier molecular flexibility index (Phi) is 3.78. The Bertz CT molecular complexity index is 619. The fraction of sp³-hybridized carbons (Fsp3) is 0. The van der Waals surface area contributed by atoms with Crippen LogP contribution in [0.4, 0.5) is 5.69 Å². The van der Waals surface area contributed by atoms with Crippen LogP contribution >= 0.6 is 0 Å². The molecule has 0 aromatic heterocycles. The van der Waals surface area contributed by atoms with Crippen molar-refractivity contribution < 1.29 is 9.72 Å². The van der Waals surface area contributed by atoms with Crippen molar-refractivity contribution in [1.29, 1.82) is 0 Å². The molecule has 94 valence electrons. The van der Waals surface area contributed by atoms with Crippen molar-refractivity contribution in [2.75, 3.05) is 0 Å². The molecule has 1 amide bonds. The molecule has 0 saturated carbocycles. The molecule has 0 bridgehead atoms. The van der Waals surface area contributed by atoms with Gasteiger partial charge >= 0.3 is 0 Å². The molecular weight excluding hydrogens is 244 g/mol. The highest BCUT2D eigenvalue weighted by atomic mass is 16.6. The minimum atomic E-state index is -0.476. The van der Waals surface area contributed by atoms with E-state index in [0.29, 0.717) is 11.1 Å². The summed E-state index contributed by atoms with van der Waals surface area (Å²) in [5.74, 6) is -0.348. The number of nitrogens with zero attached hydrogens (tertiary/aromatic N) is 2. The van der Waals surface area contributed by atoms with Gasteiger partial charge in [0.25, 0.3) is 11.6 Å². The first-order valence-electron chi connectivity index (χ1n) is 5.55. The lowest BCUT2D eigenvalue weighted by molar-refractivity contribution is -0.384. The Morgan fingerprint density at radius 3 is 2.26 bits per heavy atom. The van der Waals surface area contributed by atoms with Gasteiger partial charge in [-0.1, -0.05) is 18.2 Å². The summed E-state index contributed by atoms with van der Waals surface area (Å²) in [6.45, 7) is 0. The number of benzene rings is 2. The van der Waals surface area contributed by atoms with E-state index in [4.69, 9.17) is 0 Å². The number of nitro benzene ring substituents is 1. The van der Waals surface area contributed by atoms with Crippen LogP contribution in [0.5, 0.6) is 0 Å². The van der Waals surface area contributed by atoms with E-state index in [9.17, 15) is 14.9 Å². The van der Waals surface area contributed by atoms with Crippen molar-refractivity contribution in [2.24, 2.45) is 4.99 Å². The second kappa shape index (κ2) is 5.68. The third-order valence-corrected chi connectivity index (χ3v) is 2.46. The summed E-state index contributed by atoms with van der Waals surface area (Å²) in [4.78, 5) is 25.5. The third kappa shape index (κ3) is 3.32. The lowest BCUT2D eigenvalue weighted by Gasteiger charge is -1.95. The molecule has 0 radical (unpaired) electrons. The van der Waals surface area contributed by atoms with E-state index in [2.05, 4.69) is 4.99 Å². The number of rotatable bonds is 3. The number of hydrogen-bond acceptors (Lipinski definition) is 3. The van der Waals surface area contributed by atoms with E-state index in [-0.39, 0.29) is 11.6 Å². The van der Waals surface area contributed by atoms with Crippen molar-refractivity contribution in [1.82, 2.24) is 0 Å². The molecule has 0 aliphatic heterocycles. The number of non-ortho nitro benzene ring substituents is 1. The van der Waals surface area contributed by atoms with Gasteiger partial charge in [-0.3, -0.25) is 14.9 Å². The second-order valence-electron chi connectivity index (χ2n) is 3.78. The molecule has 19 heavy (non-hydrogen) atoms. The zero-order chi connectivity index (χ0) is 13.7. The smallest absolute Gasteiger partial charge is 0.267 e. The minimum Gasteiger partial charge on any atom is -0.267 e. The first-order chi connectivity index (χ1) is 9.16. The standard InChI is InChI=1S/C14H10N2O3/c17-14(12-4-2-1-3-5-12)15-10-11-6-8-13(9-7-11)16(18)19/h1-10H. The van der Waals surface area contributed by atoms with Crippen LogP contribution in [0.1, 0.15) is 15.9 Å². The number of carbonyl (C=O) groups is 1. The number of amides is 1. The molecule has 0 saturated heterocycles. The number of nitro groups is 1. The van der Waals surface area contributed by atoms with Crippen LogP contribution in [0, 0.1) is 10.1 Å².